The summed E-state index contributed by atoms with van der Waals surface area (Å²) in [7, 11) is 0. The Bertz CT molecular complexity index is 356. The Labute approximate surface area is 97.0 Å². The quantitative estimate of drug-likeness (QED) is 0.584. The summed E-state index contributed by atoms with van der Waals surface area (Å²) in [6, 6.07) is 0. The summed E-state index contributed by atoms with van der Waals surface area (Å²) in [6.07, 6.45) is 4.78. The molecule has 16 heavy (non-hydrogen) atoms. The second kappa shape index (κ2) is 2.73. The summed E-state index contributed by atoms with van der Waals surface area (Å²) in [5.41, 5.74) is 1.96. The third-order valence-electron chi connectivity index (χ3n) is 5.64. The molecule has 0 aromatic heterocycles. The standard InChI is InChI=1S/C14H20O2/c1-9-10-7-12(10)13(2)8-14(4-3-11(9)13)15-5-6-16-14/h10-12H,1,3-8H2,2H3/t10-,11+,12-,13-/m1/s1. The monoisotopic (exact) mass is 220 g/mol. The number of ether oxygens (including phenoxy) is 2. The van der Waals surface area contributed by atoms with Crippen LogP contribution in [-0.4, -0.2) is 19.0 Å². The highest BCUT2D eigenvalue weighted by Crippen LogP contribution is 2.72. The Morgan fingerprint density at radius 1 is 1.31 bits per heavy atom. The lowest BCUT2D eigenvalue weighted by Gasteiger charge is -2.46. The Kier molecular flexibility index (Phi) is 1.65. The van der Waals surface area contributed by atoms with Crippen LogP contribution in [0.5, 0.6) is 0 Å². The van der Waals surface area contributed by atoms with Crippen molar-refractivity contribution in [2.24, 2.45) is 23.2 Å². The van der Waals surface area contributed by atoms with Crippen LogP contribution in [0.25, 0.3) is 0 Å². The molecule has 1 heterocycles. The minimum absolute atomic E-state index is 0.219. The first-order chi connectivity index (χ1) is 7.65. The van der Waals surface area contributed by atoms with Crippen molar-refractivity contribution in [1.29, 1.82) is 0 Å². The lowest BCUT2D eigenvalue weighted by atomic mass is 9.64. The first-order valence-electron chi connectivity index (χ1n) is 6.61. The summed E-state index contributed by atoms with van der Waals surface area (Å²) < 4.78 is 11.8. The van der Waals surface area contributed by atoms with E-state index in [4.69, 9.17) is 9.47 Å². The average molecular weight is 220 g/mol. The van der Waals surface area contributed by atoms with Gasteiger partial charge in [-0.25, -0.2) is 0 Å². The molecule has 3 aliphatic carbocycles. The number of allylic oxidation sites excluding steroid dienone is 1. The Morgan fingerprint density at radius 2 is 2.06 bits per heavy atom. The number of hydrogen-bond donors (Lipinski definition) is 0. The van der Waals surface area contributed by atoms with Gasteiger partial charge in [-0.1, -0.05) is 19.1 Å². The van der Waals surface area contributed by atoms with Crippen LogP contribution in [0.1, 0.15) is 32.6 Å². The van der Waals surface area contributed by atoms with Crippen LogP contribution in [-0.2, 0) is 9.47 Å². The van der Waals surface area contributed by atoms with E-state index in [1.54, 1.807) is 5.57 Å². The van der Waals surface area contributed by atoms with E-state index in [1.807, 2.05) is 0 Å². The molecule has 4 aliphatic rings. The second-order valence-electron chi connectivity index (χ2n) is 6.41. The topological polar surface area (TPSA) is 18.5 Å². The molecule has 2 heteroatoms. The Morgan fingerprint density at radius 3 is 2.81 bits per heavy atom. The van der Waals surface area contributed by atoms with Gasteiger partial charge in [0, 0.05) is 12.8 Å². The van der Waals surface area contributed by atoms with E-state index in [0.29, 0.717) is 5.41 Å². The normalized spacial score (nSPS) is 52.8. The van der Waals surface area contributed by atoms with Gasteiger partial charge in [-0.15, -0.1) is 0 Å². The van der Waals surface area contributed by atoms with Crippen LogP contribution in [0.3, 0.4) is 0 Å². The fraction of sp³-hybridized carbons (Fsp3) is 0.857. The van der Waals surface area contributed by atoms with Gasteiger partial charge in [0.2, 0.25) is 0 Å². The molecule has 0 aromatic rings. The molecule has 1 aliphatic heterocycles. The molecular formula is C14H20O2. The Hall–Kier alpha value is -0.340. The summed E-state index contributed by atoms with van der Waals surface area (Å²) in [5.74, 6) is 2.25. The van der Waals surface area contributed by atoms with Gasteiger partial charge >= 0.3 is 0 Å². The molecular weight excluding hydrogens is 200 g/mol. The maximum atomic E-state index is 5.90. The predicted molar refractivity (Wildman–Crippen MR) is 60.8 cm³/mol. The van der Waals surface area contributed by atoms with E-state index in [1.165, 1.54) is 12.8 Å². The van der Waals surface area contributed by atoms with E-state index < -0.39 is 0 Å². The number of rotatable bonds is 0. The fourth-order valence-electron chi connectivity index (χ4n) is 4.82. The van der Waals surface area contributed by atoms with Crippen LogP contribution in [0, 0.1) is 23.2 Å². The van der Waals surface area contributed by atoms with Crippen LogP contribution in [0.4, 0.5) is 0 Å². The molecule has 0 N–H and O–H groups in total. The minimum atomic E-state index is -0.219. The van der Waals surface area contributed by atoms with Crippen molar-refractivity contribution in [3.63, 3.8) is 0 Å². The molecule has 0 bridgehead atoms. The SMILES string of the molecule is C=C1[C@H]2C[C@H]2[C@]2(C)CC3(CC[C@@H]12)OCCO3. The summed E-state index contributed by atoms with van der Waals surface area (Å²) in [4.78, 5) is 0. The maximum absolute atomic E-state index is 5.90. The molecule has 1 saturated heterocycles. The molecule has 0 amide bonds. The smallest absolute Gasteiger partial charge is 0.169 e. The first kappa shape index (κ1) is 9.67. The highest BCUT2D eigenvalue weighted by atomic mass is 16.7. The van der Waals surface area contributed by atoms with Crippen molar-refractivity contribution in [2.75, 3.05) is 13.2 Å². The van der Waals surface area contributed by atoms with E-state index in [-0.39, 0.29) is 5.79 Å². The van der Waals surface area contributed by atoms with Gasteiger partial charge in [0.15, 0.2) is 5.79 Å². The van der Waals surface area contributed by atoms with Gasteiger partial charge in [0.1, 0.15) is 0 Å². The van der Waals surface area contributed by atoms with E-state index in [2.05, 4.69) is 13.5 Å². The van der Waals surface area contributed by atoms with E-state index in [0.717, 1.165) is 43.8 Å². The molecule has 4 rings (SSSR count). The van der Waals surface area contributed by atoms with Crippen molar-refractivity contribution >= 4 is 0 Å². The highest BCUT2D eigenvalue weighted by Gasteiger charge is 2.66. The van der Waals surface area contributed by atoms with Gasteiger partial charge in [0.05, 0.1) is 13.2 Å². The molecule has 0 radical (unpaired) electrons. The summed E-state index contributed by atoms with van der Waals surface area (Å²) >= 11 is 0. The predicted octanol–water partition coefficient (Wildman–Crippen LogP) is 2.74. The van der Waals surface area contributed by atoms with Gasteiger partial charge in [-0.2, -0.15) is 0 Å². The fourth-order valence-corrected chi connectivity index (χ4v) is 4.82. The van der Waals surface area contributed by atoms with Crippen molar-refractivity contribution < 1.29 is 9.47 Å². The van der Waals surface area contributed by atoms with Crippen molar-refractivity contribution in [2.45, 2.75) is 38.4 Å². The van der Waals surface area contributed by atoms with E-state index >= 15 is 0 Å². The lowest BCUT2D eigenvalue weighted by molar-refractivity contribution is -0.208. The van der Waals surface area contributed by atoms with Crippen molar-refractivity contribution in [3.05, 3.63) is 12.2 Å². The molecule has 4 atom stereocenters. The lowest BCUT2D eigenvalue weighted by Crippen LogP contribution is -2.45. The highest BCUT2D eigenvalue weighted by molar-refractivity contribution is 5.30. The number of fused-ring (bicyclic) bond motifs is 3. The average Bonchev–Trinajstić information content (AvgIpc) is 2.91. The van der Waals surface area contributed by atoms with Crippen LogP contribution >= 0.6 is 0 Å². The van der Waals surface area contributed by atoms with Crippen molar-refractivity contribution in [1.82, 2.24) is 0 Å². The van der Waals surface area contributed by atoms with Gasteiger partial charge in [-0.05, 0) is 36.0 Å². The zero-order valence-corrected chi connectivity index (χ0v) is 10.00. The number of hydrogen-bond acceptors (Lipinski definition) is 2. The summed E-state index contributed by atoms with van der Waals surface area (Å²) in [5, 5.41) is 0. The third kappa shape index (κ3) is 1.01. The molecule has 4 fully saturated rings. The van der Waals surface area contributed by atoms with E-state index in [9.17, 15) is 0 Å². The summed E-state index contributed by atoms with van der Waals surface area (Å²) in [6.45, 7) is 8.37. The zero-order valence-electron chi connectivity index (χ0n) is 10.00. The van der Waals surface area contributed by atoms with Crippen LogP contribution < -0.4 is 0 Å². The Balaban J connectivity index is 1.68. The molecule has 1 spiro atoms. The largest absolute Gasteiger partial charge is 0.348 e. The first-order valence-corrected chi connectivity index (χ1v) is 6.61. The molecule has 88 valence electrons. The van der Waals surface area contributed by atoms with Gasteiger partial charge in [-0.3, -0.25) is 0 Å². The maximum Gasteiger partial charge on any atom is 0.169 e. The van der Waals surface area contributed by atoms with Gasteiger partial charge in [0.25, 0.3) is 0 Å². The van der Waals surface area contributed by atoms with Crippen LogP contribution in [0.15, 0.2) is 12.2 Å². The third-order valence-corrected chi connectivity index (χ3v) is 5.64. The molecule has 2 nitrogen and oxygen atoms in total. The second-order valence-corrected chi connectivity index (χ2v) is 6.41. The van der Waals surface area contributed by atoms with Gasteiger partial charge < -0.3 is 9.47 Å². The molecule has 0 unspecified atom stereocenters. The molecule has 3 saturated carbocycles. The molecule has 0 aromatic carbocycles. The van der Waals surface area contributed by atoms with Crippen molar-refractivity contribution in [3.8, 4) is 0 Å². The minimum Gasteiger partial charge on any atom is -0.348 e. The van der Waals surface area contributed by atoms with Crippen LogP contribution in [0.2, 0.25) is 0 Å². The zero-order chi connectivity index (χ0) is 11.0.